The van der Waals surface area contributed by atoms with Gasteiger partial charge in [-0.1, -0.05) is 197 Å². The summed E-state index contributed by atoms with van der Waals surface area (Å²) in [6.45, 7) is 2.71. The van der Waals surface area contributed by atoms with Crippen molar-refractivity contribution in [3.8, 4) is 89.5 Å². The van der Waals surface area contributed by atoms with Gasteiger partial charge in [-0.25, -0.2) is 0 Å². The van der Waals surface area contributed by atoms with Gasteiger partial charge < -0.3 is 25.2 Å². The van der Waals surface area contributed by atoms with Crippen LogP contribution in [0.1, 0.15) is 62.2 Å². The van der Waals surface area contributed by atoms with E-state index in [1.54, 1.807) is 45.6 Å². The standard InChI is InChI=1S/C19H17N.3C19H16N.CHF3O3S.2CH4O.2Ir/c4*1-2-15-13-19(17-11-7-4-8-12-17)20-14-18(15)16-9-5-3-6-10-16;2-1(3,4)8(5,6)7;2*1-2;;/h3-14H,2H2,1H3;3*3-11,13-14H,2H2,1H3;(H,5,6,7);2*2H,1H3;;/q;3*-1;;;;;/i3*2D2;1D3;;;;;. The van der Waals surface area contributed by atoms with Gasteiger partial charge in [0.15, 0.2) is 0 Å². The molecule has 0 aliphatic heterocycles. The zero-order valence-corrected chi connectivity index (χ0v) is 57.5. The summed E-state index contributed by atoms with van der Waals surface area (Å²) >= 11 is 0. The van der Waals surface area contributed by atoms with Gasteiger partial charge in [0.2, 0.25) is 0 Å². The maximum absolute atomic E-state index is 10.7. The Bertz CT molecular complexity index is 4280. The molecule has 0 aliphatic rings. The van der Waals surface area contributed by atoms with Crippen LogP contribution in [0.2, 0.25) is 0 Å². The van der Waals surface area contributed by atoms with Gasteiger partial charge in [-0.3, -0.25) is 9.54 Å². The van der Waals surface area contributed by atoms with Crippen molar-refractivity contribution < 1.29 is 88.9 Å². The number of pyridine rings is 4. The van der Waals surface area contributed by atoms with Crippen LogP contribution in [0.5, 0.6) is 0 Å². The van der Waals surface area contributed by atoms with Crippen LogP contribution < -0.4 is 0 Å². The van der Waals surface area contributed by atoms with Crippen LogP contribution in [0.3, 0.4) is 0 Å². The second kappa shape index (κ2) is 41.1. The third-order valence-electron chi connectivity index (χ3n) is 13.4. The minimum absolute atomic E-state index is 0. The summed E-state index contributed by atoms with van der Waals surface area (Å²) in [6, 6.07) is 88.5. The van der Waals surface area contributed by atoms with Gasteiger partial charge >= 0.3 is 15.6 Å². The molecular formula is C79H74F3Ir2N4O5S-3. The molecule has 94 heavy (non-hydrogen) atoms. The molecule has 9 nitrogen and oxygen atoms in total. The summed E-state index contributed by atoms with van der Waals surface area (Å²) in [4.78, 5) is 18.0. The number of aryl methyl sites for hydroxylation is 4. The summed E-state index contributed by atoms with van der Waals surface area (Å²) < 4.78 is 129. The predicted octanol–water partition coefficient (Wildman–Crippen LogP) is 18.9. The van der Waals surface area contributed by atoms with E-state index in [1.807, 2.05) is 249 Å². The number of hydrogen-bond acceptors (Lipinski definition) is 8. The molecule has 12 rings (SSSR count). The summed E-state index contributed by atoms with van der Waals surface area (Å²) in [5, 5.41) is 14.0. The smallest absolute Gasteiger partial charge is 0.400 e. The molecule has 3 N–H and O–H groups in total. The van der Waals surface area contributed by atoms with Crippen molar-refractivity contribution in [1.82, 2.24) is 19.9 Å². The number of halogens is 3. The van der Waals surface area contributed by atoms with E-state index in [4.69, 9.17) is 35.5 Å². The number of aliphatic hydroxyl groups is 2. The molecule has 2 radical (unpaired) electrons. The average molecular weight is 1640 g/mol. The Labute approximate surface area is 591 Å². The van der Waals surface area contributed by atoms with Gasteiger partial charge in [0.05, 0.1) is 5.69 Å². The zero-order valence-electron chi connectivity index (χ0n) is 60.8. The monoisotopic (exact) mass is 1640 g/mol. The molecule has 488 valence electrons. The minimum Gasteiger partial charge on any atom is -0.400 e. The van der Waals surface area contributed by atoms with Crippen molar-refractivity contribution in [2.75, 3.05) is 14.2 Å². The van der Waals surface area contributed by atoms with Gasteiger partial charge in [0.25, 0.3) is 0 Å². The molecule has 4 aromatic heterocycles. The fourth-order valence-corrected chi connectivity index (χ4v) is 8.92. The molecular weight excluding hydrogens is 1560 g/mol. The first-order chi connectivity index (χ1) is 47.9. The minimum atomic E-state index is -5.84. The van der Waals surface area contributed by atoms with Gasteiger partial charge in [-0.15, -0.1) is 108 Å². The Morgan fingerprint density at radius 2 is 0.628 bits per heavy atom. The molecule has 0 bridgehead atoms. The van der Waals surface area contributed by atoms with Crippen molar-refractivity contribution in [2.45, 2.75) is 58.7 Å². The average Bonchev–Trinajstić information content (AvgIpc) is 0.808. The molecule has 0 spiro atoms. The van der Waals surface area contributed by atoms with Crippen LogP contribution in [-0.4, -0.2) is 62.8 Å². The molecule has 12 aromatic rings. The fourth-order valence-electron chi connectivity index (χ4n) is 8.92. The molecule has 0 amide bonds. The quantitative estimate of drug-likeness (QED) is 0.0618. The van der Waals surface area contributed by atoms with Crippen molar-refractivity contribution >= 4 is 10.1 Å². The molecule has 0 aliphatic carbocycles. The van der Waals surface area contributed by atoms with Crippen LogP contribution >= 0.6 is 0 Å². The van der Waals surface area contributed by atoms with Crippen molar-refractivity contribution in [2.24, 2.45) is 0 Å². The summed E-state index contributed by atoms with van der Waals surface area (Å²) in [5.41, 5.74) is 11.0. The topological polar surface area (TPSA) is 146 Å². The number of alkyl halides is 3. The van der Waals surface area contributed by atoms with Gasteiger partial charge in [-0.2, -0.15) is 21.6 Å². The van der Waals surface area contributed by atoms with E-state index in [1.165, 1.54) is 0 Å². The van der Waals surface area contributed by atoms with Gasteiger partial charge in [0.1, 0.15) is 0 Å². The van der Waals surface area contributed by atoms with E-state index in [0.717, 1.165) is 109 Å². The van der Waals surface area contributed by atoms with Crippen LogP contribution in [0.25, 0.3) is 89.5 Å². The van der Waals surface area contributed by atoms with E-state index in [0.29, 0.717) is 16.7 Å². The van der Waals surface area contributed by atoms with Crippen molar-refractivity contribution in [1.29, 1.82) is 0 Å². The normalized spacial score (nSPS) is 12.2. The van der Waals surface area contributed by atoms with E-state index in [9.17, 15) is 13.2 Å². The SMILES string of the molecule is CO.CO.O=S(=O)(O)C(F)(F)F.[2H]C([2H])(C)c1cc(-c2[c-]cccc2)ncc1-c1ccccc1.[2H]C([2H])(C)c1cc(-c2[c-]cccc2)ncc1-c1ccccc1.[2H]C([2H])(C)c1cc(-c2ccccc2)ncc1-c1ccccc1.[2H]C([2H])([2H])Cc1cc(-c2[c-]cccc2)ncc1-c1ccccc1.[Ir].[Ir]. The summed E-state index contributed by atoms with van der Waals surface area (Å²) in [6.07, 6.45) is 2.72. The van der Waals surface area contributed by atoms with E-state index in [2.05, 4.69) is 38.1 Å². The first-order valence-electron chi connectivity index (χ1n) is 33.1. The van der Waals surface area contributed by atoms with E-state index >= 15 is 0 Å². The van der Waals surface area contributed by atoms with E-state index < -0.39 is 41.6 Å². The maximum Gasteiger partial charge on any atom is 0.522 e. The van der Waals surface area contributed by atoms with E-state index in [-0.39, 0.29) is 46.6 Å². The Morgan fingerprint density at radius 3 is 0.872 bits per heavy atom. The number of nitrogens with zero attached hydrogens (tertiary/aromatic N) is 4. The number of aromatic nitrogens is 4. The van der Waals surface area contributed by atoms with Crippen molar-refractivity contribution in [3.63, 3.8) is 0 Å². The third-order valence-corrected chi connectivity index (χ3v) is 13.9. The second-order valence-electron chi connectivity index (χ2n) is 19.1. The second-order valence-corrected chi connectivity index (χ2v) is 20.5. The van der Waals surface area contributed by atoms with Crippen LogP contribution in [0, 0.1) is 18.2 Å². The van der Waals surface area contributed by atoms with Crippen LogP contribution in [0.15, 0.2) is 274 Å². The van der Waals surface area contributed by atoms with Gasteiger partial charge in [0, 0.05) is 119 Å². The summed E-state index contributed by atoms with van der Waals surface area (Å²) in [7, 11) is -3.84. The number of hydrogen-bond donors (Lipinski definition) is 3. The first-order valence-corrected chi connectivity index (χ1v) is 30.0. The zero-order chi connectivity index (χ0) is 74.0. The fraction of sp³-hybridized carbons (Fsp3) is 0.139. The Balaban J connectivity index is 0.000000275. The number of rotatable bonds is 12. The predicted molar refractivity (Wildman–Crippen MR) is 368 cm³/mol. The third kappa shape index (κ3) is 23.1. The largest absolute Gasteiger partial charge is 0.522 e. The molecule has 15 heteroatoms. The van der Waals surface area contributed by atoms with Crippen LogP contribution in [0.4, 0.5) is 13.2 Å². The molecule has 4 heterocycles. The Kier molecular flexibility index (Phi) is 28.0. The molecule has 0 unspecified atom stereocenters. The number of aliphatic hydroxyl groups excluding tert-OH is 2. The van der Waals surface area contributed by atoms with Gasteiger partial charge in [-0.05, 0) is 93.2 Å². The van der Waals surface area contributed by atoms with Crippen molar-refractivity contribution in [3.05, 3.63) is 314 Å². The Hall–Kier alpha value is -8.72. The first kappa shape index (κ1) is 64.0. The maximum atomic E-state index is 10.7. The van der Waals surface area contributed by atoms with Crippen LogP contribution in [-0.2, 0) is 75.9 Å². The molecule has 0 saturated carbocycles. The molecule has 0 saturated heterocycles. The summed E-state index contributed by atoms with van der Waals surface area (Å²) in [5.74, 6) is 0. The molecule has 0 fully saturated rings. The molecule has 8 aromatic carbocycles. The Morgan fingerprint density at radius 1 is 0.394 bits per heavy atom. The molecule has 0 atom stereocenters. The number of benzene rings is 8.